The topological polar surface area (TPSA) is 98.5 Å². The Kier molecular flexibility index (Phi) is 6.17. The minimum atomic E-state index is -0.732. The number of esters is 1. The van der Waals surface area contributed by atoms with Gasteiger partial charge in [0.25, 0.3) is 5.69 Å². The molecule has 3 aromatic carbocycles. The van der Waals surface area contributed by atoms with E-state index in [4.69, 9.17) is 4.74 Å². The SMILES string of the molecule is CNc1ccc(C(=O)c2ccccc2C(=O)OCc2ccc(F)cc2)cc1[N+](=O)[O-]. The number of nitro benzene ring substituents is 1. The molecule has 0 aromatic heterocycles. The second-order valence-electron chi connectivity index (χ2n) is 6.32. The zero-order chi connectivity index (χ0) is 21.7. The number of carbonyl (C=O) groups is 2. The van der Waals surface area contributed by atoms with Crippen molar-refractivity contribution in [2.75, 3.05) is 12.4 Å². The first kappa shape index (κ1) is 20.7. The standard InChI is InChI=1S/C22H17FN2O5/c1-24-19-11-8-15(12-20(19)25(28)29)21(26)17-4-2-3-5-18(17)22(27)30-13-14-6-9-16(23)10-7-14/h2-12,24H,13H2,1H3. The van der Waals surface area contributed by atoms with Crippen LogP contribution < -0.4 is 5.32 Å². The fourth-order valence-corrected chi connectivity index (χ4v) is 2.86. The van der Waals surface area contributed by atoms with Crippen LogP contribution in [0.1, 0.15) is 31.8 Å². The van der Waals surface area contributed by atoms with Crippen molar-refractivity contribution in [2.45, 2.75) is 6.61 Å². The molecule has 152 valence electrons. The Bertz CT molecular complexity index is 1110. The number of nitro groups is 1. The molecule has 0 fully saturated rings. The van der Waals surface area contributed by atoms with Gasteiger partial charge in [-0.15, -0.1) is 0 Å². The van der Waals surface area contributed by atoms with Crippen molar-refractivity contribution >= 4 is 23.1 Å². The van der Waals surface area contributed by atoms with Gasteiger partial charge in [0.2, 0.25) is 0 Å². The summed E-state index contributed by atoms with van der Waals surface area (Å²) in [5, 5.41) is 14.0. The van der Waals surface area contributed by atoms with Gasteiger partial charge in [-0.3, -0.25) is 14.9 Å². The van der Waals surface area contributed by atoms with Crippen LogP contribution in [-0.2, 0) is 11.3 Å². The third-order valence-electron chi connectivity index (χ3n) is 4.40. The van der Waals surface area contributed by atoms with Crippen molar-refractivity contribution in [1.29, 1.82) is 0 Å². The van der Waals surface area contributed by atoms with Crippen LogP contribution in [0, 0.1) is 15.9 Å². The van der Waals surface area contributed by atoms with E-state index in [-0.39, 0.29) is 34.7 Å². The van der Waals surface area contributed by atoms with Crippen LogP contribution >= 0.6 is 0 Å². The van der Waals surface area contributed by atoms with E-state index in [0.717, 1.165) is 6.07 Å². The van der Waals surface area contributed by atoms with Crippen LogP contribution in [0.4, 0.5) is 15.8 Å². The van der Waals surface area contributed by atoms with Crippen LogP contribution in [-0.4, -0.2) is 23.7 Å². The number of carbonyl (C=O) groups excluding carboxylic acids is 2. The van der Waals surface area contributed by atoms with Crippen LogP contribution in [0.25, 0.3) is 0 Å². The van der Waals surface area contributed by atoms with Gasteiger partial charge >= 0.3 is 5.97 Å². The van der Waals surface area contributed by atoms with Gasteiger partial charge in [-0.2, -0.15) is 0 Å². The van der Waals surface area contributed by atoms with Gasteiger partial charge in [-0.25, -0.2) is 9.18 Å². The molecule has 0 aliphatic carbocycles. The summed E-state index contributed by atoms with van der Waals surface area (Å²) in [6.45, 7) is -0.0933. The minimum absolute atomic E-state index is 0.0324. The maximum atomic E-state index is 13.0. The highest BCUT2D eigenvalue weighted by atomic mass is 19.1. The highest BCUT2D eigenvalue weighted by molar-refractivity contribution is 6.14. The second-order valence-corrected chi connectivity index (χ2v) is 6.32. The molecule has 0 unspecified atom stereocenters. The summed E-state index contributed by atoms with van der Waals surface area (Å²) in [5.74, 6) is -1.68. The molecule has 0 saturated carbocycles. The Labute approximate surface area is 171 Å². The number of nitrogens with zero attached hydrogens (tertiary/aromatic N) is 1. The molecule has 1 N–H and O–H groups in total. The van der Waals surface area contributed by atoms with Crippen molar-refractivity contribution in [3.8, 4) is 0 Å². The van der Waals surface area contributed by atoms with Gasteiger partial charge in [0.15, 0.2) is 5.78 Å². The van der Waals surface area contributed by atoms with Gasteiger partial charge in [0.05, 0.1) is 10.5 Å². The average molecular weight is 408 g/mol. The first-order chi connectivity index (χ1) is 14.4. The fraction of sp³-hybridized carbons (Fsp3) is 0.0909. The second kappa shape index (κ2) is 8.95. The normalized spacial score (nSPS) is 10.3. The molecule has 0 radical (unpaired) electrons. The summed E-state index contributed by atoms with van der Waals surface area (Å²) in [6, 6.07) is 15.6. The molecule has 30 heavy (non-hydrogen) atoms. The third-order valence-corrected chi connectivity index (χ3v) is 4.40. The minimum Gasteiger partial charge on any atom is -0.457 e. The van der Waals surface area contributed by atoms with E-state index in [0.29, 0.717) is 5.56 Å². The van der Waals surface area contributed by atoms with Crippen molar-refractivity contribution < 1.29 is 23.6 Å². The number of hydrogen-bond donors (Lipinski definition) is 1. The van der Waals surface area contributed by atoms with Gasteiger partial charge < -0.3 is 10.1 Å². The summed E-state index contributed by atoms with van der Waals surface area (Å²) in [5.41, 5.74) is 0.771. The number of benzene rings is 3. The predicted molar refractivity (Wildman–Crippen MR) is 108 cm³/mol. The zero-order valence-electron chi connectivity index (χ0n) is 15.9. The molecule has 7 nitrogen and oxygen atoms in total. The number of hydrogen-bond acceptors (Lipinski definition) is 6. The summed E-state index contributed by atoms with van der Waals surface area (Å²) in [4.78, 5) is 36.2. The van der Waals surface area contributed by atoms with Crippen molar-refractivity contribution in [3.05, 3.63) is 105 Å². The quantitative estimate of drug-likeness (QED) is 0.270. The largest absolute Gasteiger partial charge is 0.457 e. The van der Waals surface area contributed by atoms with Gasteiger partial charge in [-0.1, -0.05) is 30.3 Å². The summed E-state index contributed by atoms with van der Waals surface area (Å²) >= 11 is 0. The molecule has 0 heterocycles. The van der Waals surface area contributed by atoms with E-state index in [2.05, 4.69) is 5.32 Å². The average Bonchev–Trinajstić information content (AvgIpc) is 2.77. The summed E-state index contributed by atoms with van der Waals surface area (Å²) in [7, 11) is 1.54. The lowest BCUT2D eigenvalue weighted by Crippen LogP contribution is -2.13. The molecule has 3 rings (SSSR count). The highest BCUT2D eigenvalue weighted by Gasteiger charge is 2.22. The molecule has 0 amide bonds. The van der Waals surface area contributed by atoms with E-state index in [1.807, 2.05) is 0 Å². The van der Waals surface area contributed by atoms with Crippen LogP contribution in [0.2, 0.25) is 0 Å². The summed E-state index contributed by atoms with van der Waals surface area (Å²) in [6.07, 6.45) is 0. The molecule has 3 aromatic rings. The van der Waals surface area contributed by atoms with E-state index < -0.39 is 22.5 Å². The lowest BCUT2D eigenvalue weighted by atomic mass is 9.97. The van der Waals surface area contributed by atoms with Crippen LogP contribution in [0.3, 0.4) is 0 Å². The van der Waals surface area contributed by atoms with Crippen molar-refractivity contribution in [3.63, 3.8) is 0 Å². The molecule has 8 heteroatoms. The Morgan fingerprint density at radius 2 is 1.70 bits per heavy atom. The van der Waals surface area contributed by atoms with E-state index >= 15 is 0 Å². The maximum absolute atomic E-state index is 13.0. The highest BCUT2D eigenvalue weighted by Crippen LogP contribution is 2.27. The monoisotopic (exact) mass is 408 g/mol. The molecule has 0 saturated heterocycles. The molecular formula is C22H17FN2O5. The predicted octanol–water partition coefficient (Wildman–Crippen LogP) is 4.36. The Morgan fingerprint density at radius 1 is 1.03 bits per heavy atom. The van der Waals surface area contributed by atoms with E-state index in [1.165, 1.54) is 55.6 Å². The molecular weight excluding hydrogens is 391 g/mol. The Morgan fingerprint density at radius 3 is 2.33 bits per heavy atom. The number of halogens is 1. The number of ketones is 1. The molecule has 0 aliphatic rings. The van der Waals surface area contributed by atoms with Crippen LogP contribution in [0.5, 0.6) is 0 Å². The molecule has 0 aliphatic heterocycles. The van der Waals surface area contributed by atoms with E-state index in [9.17, 15) is 24.1 Å². The molecule has 0 spiro atoms. The first-order valence-electron chi connectivity index (χ1n) is 8.92. The lowest BCUT2D eigenvalue weighted by molar-refractivity contribution is -0.384. The Balaban J connectivity index is 1.86. The van der Waals surface area contributed by atoms with Crippen LogP contribution in [0.15, 0.2) is 66.7 Å². The Hall–Kier alpha value is -4.07. The third kappa shape index (κ3) is 4.49. The number of anilines is 1. The number of rotatable bonds is 7. The van der Waals surface area contributed by atoms with Crippen molar-refractivity contribution in [1.82, 2.24) is 0 Å². The smallest absolute Gasteiger partial charge is 0.339 e. The van der Waals surface area contributed by atoms with Gasteiger partial charge in [0.1, 0.15) is 18.1 Å². The van der Waals surface area contributed by atoms with Gasteiger partial charge in [0, 0.05) is 24.2 Å². The lowest BCUT2D eigenvalue weighted by Gasteiger charge is -2.10. The summed E-state index contributed by atoms with van der Waals surface area (Å²) < 4.78 is 18.2. The number of nitrogens with one attached hydrogen (secondary N) is 1. The van der Waals surface area contributed by atoms with E-state index in [1.54, 1.807) is 12.1 Å². The number of ether oxygens (including phenoxy) is 1. The maximum Gasteiger partial charge on any atom is 0.339 e. The zero-order valence-corrected chi connectivity index (χ0v) is 15.9. The van der Waals surface area contributed by atoms with Gasteiger partial charge in [-0.05, 0) is 35.9 Å². The molecule has 0 bridgehead atoms. The first-order valence-corrected chi connectivity index (χ1v) is 8.92. The fourth-order valence-electron chi connectivity index (χ4n) is 2.86. The molecule has 0 atom stereocenters. The van der Waals surface area contributed by atoms with Crippen molar-refractivity contribution in [2.24, 2.45) is 0 Å².